The first kappa shape index (κ1) is 31.4. The Bertz CT molecular complexity index is 2970. The van der Waals surface area contributed by atoms with Crippen molar-refractivity contribution in [3.63, 3.8) is 0 Å². The first-order valence-electron chi connectivity index (χ1n) is 18.2. The van der Waals surface area contributed by atoms with Crippen molar-refractivity contribution in [3.8, 4) is 28.2 Å². The van der Waals surface area contributed by atoms with Crippen molar-refractivity contribution in [3.05, 3.63) is 199 Å². The van der Waals surface area contributed by atoms with Crippen LogP contribution < -0.4 is 0 Å². The lowest BCUT2D eigenvalue weighted by molar-refractivity contribution is 1.14. The molecule has 10 rings (SSSR count). The summed E-state index contributed by atoms with van der Waals surface area (Å²) in [4.78, 5) is 9.91. The average molecular weight is 691 g/mol. The van der Waals surface area contributed by atoms with E-state index in [4.69, 9.17) is 9.97 Å². The molecule has 0 fully saturated rings. The highest BCUT2D eigenvalue weighted by atomic mass is 15.0. The zero-order valence-electron chi connectivity index (χ0n) is 29.4. The first-order valence-corrected chi connectivity index (χ1v) is 18.2. The van der Waals surface area contributed by atoms with E-state index in [0.29, 0.717) is 5.82 Å². The molecule has 0 aliphatic rings. The lowest BCUT2D eigenvalue weighted by atomic mass is 10.1. The Kier molecular flexibility index (Phi) is 7.77. The van der Waals surface area contributed by atoms with Crippen LogP contribution in [-0.4, -0.2) is 19.1 Å². The molecule has 0 atom stereocenters. The maximum absolute atomic E-state index is 4.95. The minimum Gasteiger partial charge on any atom is -0.316 e. The van der Waals surface area contributed by atoms with E-state index in [1.807, 2.05) is 42.5 Å². The van der Waals surface area contributed by atoms with Crippen molar-refractivity contribution >= 4 is 68.0 Å². The molecule has 0 amide bonds. The molecule has 0 unspecified atom stereocenters. The standard InChI is InChI=1S/C50H34N4/c1-4-14-37(15-5-1)44-34-45(38-16-6-2-7-17-38)52-50(51-44)29-26-35-24-27-47-42(32-35)40-20-10-12-22-46(40)53(47)31-30-36-25-28-49-43(33-36)41-21-11-13-23-48(41)54(49)39-18-8-3-9-19-39/h1-34H/b29-26+,31-30+. The summed E-state index contributed by atoms with van der Waals surface area (Å²) in [5.74, 6) is 0.671. The number of para-hydroxylation sites is 3. The number of fused-ring (bicyclic) bond motifs is 6. The van der Waals surface area contributed by atoms with E-state index in [1.165, 1.54) is 32.6 Å². The van der Waals surface area contributed by atoms with Crippen molar-refractivity contribution in [2.75, 3.05) is 0 Å². The van der Waals surface area contributed by atoms with Crippen molar-refractivity contribution in [2.24, 2.45) is 0 Å². The molecule has 254 valence electrons. The van der Waals surface area contributed by atoms with Gasteiger partial charge in [-0.2, -0.15) is 0 Å². The Morgan fingerprint density at radius 1 is 0.370 bits per heavy atom. The fourth-order valence-corrected chi connectivity index (χ4v) is 7.62. The molecule has 0 saturated heterocycles. The minimum atomic E-state index is 0.671. The van der Waals surface area contributed by atoms with E-state index >= 15 is 0 Å². The Labute approximate surface area is 313 Å². The lowest BCUT2D eigenvalue weighted by Crippen LogP contribution is -1.95. The summed E-state index contributed by atoms with van der Waals surface area (Å²) < 4.78 is 4.65. The lowest BCUT2D eigenvalue weighted by Gasteiger charge is -2.07. The highest BCUT2D eigenvalue weighted by Crippen LogP contribution is 2.34. The number of rotatable bonds is 7. The maximum atomic E-state index is 4.95. The van der Waals surface area contributed by atoms with Crippen LogP contribution in [-0.2, 0) is 0 Å². The third-order valence-corrected chi connectivity index (χ3v) is 10.2. The van der Waals surface area contributed by atoms with E-state index in [9.17, 15) is 0 Å². The fourth-order valence-electron chi connectivity index (χ4n) is 7.62. The number of benzene rings is 7. The summed E-state index contributed by atoms with van der Waals surface area (Å²) in [6, 6.07) is 63.9. The minimum absolute atomic E-state index is 0.671. The van der Waals surface area contributed by atoms with Crippen molar-refractivity contribution in [2.45, 2.75) is 0 Å². The second-order valence-corrected chi connectivity index (χ2v) is 13.5. The van der Waals surface area contributed by atoms with Crippen LogP contribution in [0.4, 0.5) is 0 Å². The number of aromatic nitrogens is 4. The summed E-state index contributed by atoms with van der Waals surface area (Å²) in [5, 5.41) is 4.90. The van der Waals surface area contributed by atoms with Gasteiger partial charge in [-0.05, 0) is 77.9 Å². The molecule has 7 aromatic carbocycles. The van der Waals surface area contributed by atoms with E-state index in [1.54, 1.807) is 0 Å². The fraction of sp³-hybridized carbons (Fsp3) is 0. The summed E-state index contributed by atoms with van der Waals surface area (Å²) in [6.07, 6.45) is 8.55. The summed E-state index contributed by atoms with van der Waals surface area (Å²) >= 11 is 0. The molecule has 0 N–H and O–H groups in total. The van der Waals surface area contributed by atoms with Crippen molar-refractivity contribution < 1.29 is 0 Å². The predicted octanol–water partition coefficient (Wildman–Crippen LogP) is 12.8. The largest absolute Gasteiger partial charge is 0.316 e. The Morgan fingerprint density at radius 3 is 1.52 bits per heavy atom. The van der Waals surface area contributed by atoms with Crippen molar-refractivity contribution in [1.29, 1.82) is 0 Å². The van der Waals surface area contributed by atoms with E-state index in [0.717, 1.165) is 50.4 Å². The van der Waals surface area contributed by atoms with E-state index in [-0.39, 0.29) is 0 Å². The van der Waals surface area contributed by atoms with Gasteiger partial charge in [-0.1, -0.05) is 133 Å². The van der Waals surface area contributed by atoms with E-state index < -0.39 is 0 Å². The van der Waals surface area contributed by atoms with Crippen LogP contribution in [0, 0.1) is 0 Å². The van der Waals surface area contributed by atoms with Crippen LogP contribution in [0.5, 0.6) is 0 Å². The number of nitrogens with zero attached hydrogens (tertiary/aromatic N) is 4. The van der Waals surface area contributed by atoms with Crippen LogP contribution in [0.1, 0.15) is 17.0 Å². The normalized spacial score (nSPS) is 11.9. The predicted molar refractivity (Wildman–Crippen MR) is 227 cm³/mol. The monoisotopic (exact) mass is 690 g/mol. The summed E-state index contributed by atoms with van der Waals surface area (Å²) in [5.41, 5.74) is 12.0. The molecule has 4 heteroatoms. The quantitative estimate of drug-likeness (QED) is 0.167. The van der Waals surface area contributed by atoms with Crippen molar-refractivity contribution in [1.82, 2.24) is 19.1 Å². The molecule has 3 heterocycles. The average Bonchev–Trinajstić information content (AvgIpc) is 3.75. The molecule has 0 radical (unpaired) electrons. The Hall–Kier alpha value is -7.30. The van der Waals surface area contributed by atoms with Gasteiger partial charge in [0.1, 0.15) is 0 Å². The molecule has 54 heavy (non-hydrogen) atoms. The van der Waals surface area contributed by atoms with Gasteiger partial charge in [-0.3, -0.25) is 0 Å². The molecule has 4 nitrogen and oxygen atoms in total. The van der Waals surface area contributed by atoms with E-state index in [2.05, 4.69) is 173 Å². The van der Waals surface area contributed by atoms with Gasteiger partial charge in [-0.25, -0.2) is 9.97 Å². The van der Waals surface area contributed by atoms with Crippen LogP contribution in [0.15, 0.2) is 182 Å². The second-order valence-electron chi connectivity index (χ2n) is 13.5. The zero-order chi connectivity index (χ0) is 35.8. The summed E-state index contributed by atoms with van der Waals surface area (Å²) in [6.45, 7) is 0. The van der Waals surface area contributed by atoms with Crippen LogP contribution in [0.25, 0.3) is 96.2 Å². The molecule has 0 aliphatic heterocycles. The number of hydrogen-bond donors (Lipinski definition) is 0. The smallest absolute Gasteiger partial charge is 0.153 e. The van der Waals surface area contributed by atoms with Gasteiger partial charge >= 0.3 is 0 Å². The number of hydrogen-bond acceptors (Lipinski definition) is 2. The topological polar surface area (TPSA) is 35.6 Å². The second kappa shape index (κ2) is 13.4. The van der Waals surface area contributed by atoms with Crippen LogP contribution >= 0.6 is 0 Å². The molecule has 0 bridgehead atoms. The molecular weight excluding hydrogens is 657 g/mol. The Balaban J connectivity index is 1.02. The van der Waals surface area contributed by atoms with Gasteiger partial charge in [0.2, 0.25) is 0 Å². The molecule has 0 aliphatic carbocycles. The molecular formula is C50H34N4. The molecule has 0 spiro atoms. The van der Waals surface area contributed by atoms with Crippen LogP contribution in [0.3, 0.4) is 0 Å². The summed E-state index contributed by atoms with van der Waals surface area (Å²) in [7, 11) is 0. The highest BCUT2D eigenvalue weighted by molar-refractivity contribution is 6.11. The van der Waals surface area contributed by atoms with Gasteiger partial charge < -0.3 is 9.13 Å². The molecule has 0 saturated carbocycles. The van der Waals surface area contributed by atoms with Gasteiger partial charge in [0, 0.05) is 44.6 Å². The SMILES string of the molecule is C(=C\c1nc(-c2ccccc2)cc(-c2ccccc2)n1)/c1ccc2c(c1)c1ccccc1n2/C=C/c1ccc2c(c1)c1ccccc1n2-c1ccccc1. The maximum Gasteiger partial charge on any atom is 0.153 e. The third-order valence-electron chi connectivity index (χ3n) is 10.2. The van der Waals surface area contributed by atoms with Gasteiger partial charge in [0.15, 0.2) is 5.82 Å². The Morgan fingerprint density at radius 2 is 0.852 bits per heavy atom. The van der Waals surface area contributed by atoms with Crippen LogP contribution in [0.2, 0.25) is 0 Å². The first-order chi connectivity index (χ1) is 26.8. The third kappa shape index (κ3) is 5.67. The highest BCUT2D eigenvalue weighted by Gasteiger charge is 2.13. The molecule has 10 aromatic rings. The van der Waals surface area contributed by atoms with Gasteiger partial charge in [0.25, 0.3) is 0 Å². The zero-order valence-corrected chi connectivity index (χ0v) is 29.4. The molecule has 3 aromatic heterocycles. The van der Waals surface area contributed by atoms with Gasteiger partial charge in [0.05, 0.1) is 33.5 Å². The van der Waals surface area contributed by atoms with Gasteiger partial charge in [-0.15, -0.1) is 0 Å².